The maximum Gasteiger partial charge on any atom is 0.231 e. The lowest BCUT2D eigenvalue weighted by molar-refractivity contribution is -0.120. The summed E-state index contributed by atoms with van der Waals surface area (Å²) in [5.74, 6) is 0.186. The third-order valence-corrected chi connectivity index (χ3v) is 5.26. The summed E-state index contributed by atoms with van der Waals surface area (Å²) in [6.07, 6.45) is 5.15. The molecule has 4 rings (SSSR count). The molecule has 3 aromatic rings. The van der Waals surface area contributed by atoms with Crippen molar-refractivity contribution in [2.75, 3.05) is 23.3 Å². The molecule has 1 aliphatic rings. The van der Waals surface area contributed by atoms with Gasteiger partial charge in [0.1, 0.15) is 5.82 Å². The standard InChI is InChI=1S/C19H18FN5OS/c20-15-6-4-13(5-7-15)16-12-27-19(23-16)24-17(26)14-3-1-10-25(11-14)18-21-8-2-9-22-18/h2,4-9,12,14H,1,3,10-11H2,(H,23,24,26). The average Bonchev–Trinajstić information content (AvgIpc) is 3.18. The van der Waals surface area contributed by atoms with Gasteiger partial charge < -0.3 is 10.2 Å². The van der Waals surface area contributed by atoms with E-state index in [0.717, 1.165) is 30.6 Å². The van der Waals surface area contributed by atoms with Gasteiger partial charge in [0.25, 0.3) is 0 Å². The maximum absolute atomic E-state index is 13.1. The van der Waals surface area contributed by atoms with Crippen LogP contribution < -0.4 is 10.2 Å². The molecule has 1 saturated heterocycles. The first-order valence-corrected chi connectivity index (χ1v) is 9.61. The number of anilines is 2. The number of amides is 1. The third kappa shape index (κ3) is 4.11. The van der Waals surface area contributed by atoms with Crippen LogP contribution in [0.2, 0.25) is 0 Å². The van der Waals surface area contributed by atoms with Crippen molar-refractivity contribution in [2.45, 2.75) is 12.8 Å². The molecule has 6 nitrogen and oxygen atoms in total. The van der Waals surface area contributed by atoms with Gasteiger partial charge in [0.15, 0.2) is 5.13 Å². The molecule has 138 valence electrons. The summed E-state index contributed by atoms with van der Waals surface area (Å²) in [5.41, 5.74) is 1.54. The zero-order valence-electron chi connectivity index (χ0n) is 14.5. The Balaban J connectivity index is 1.41. The lowest BCUT2D eigenvalue weighted by atomic mass is 9.97. The van der Waals surface area contributed by atoms with Gasteiger partial charge in [0.2, 0.25) is 11.9 Å². The van der Waals surface area contributed by atoms with Gasteiger partial charge in [-0.3, -0.25) is 4.79 Å². The smallest absolute Gasteiger partial charge is 0.231 e. The second kappa shape index (κ2) is 7.79. The Bertz CT molecular complexity index is 915. The molecule has 2 aromatic heterocycles. The molecule has 1 aromatic carbocycles. The average molecular weight is 383 g/mol. The molecule has 0 saturated carbocycles. The summed E-state index contributed by atoms with van der Waals surface area (Å²) < 4.78 is 13.1. The third-order valence-electron chi connectivity index (χ3n) is 4.50. The van der Waals surface area contributed by atoms with Gasteiger partial charge in [0, 0.05) is 36.4 Å². The number of halogens is 1. The zero-order valence-corrected chi connectivity index (χ0v) is 15.3. The van der Waals surface area contributed by atoms with Crippen molar-refractivity contribution in [1.29, 1.82) is 0 Å². The Morgan fingerprint density at radius 3 is 2.78 bits per heavy atom. The fraction of sp³-hybridized carbons (Fsp3) is 0.263. The van der Waals surface area contributed by atoms with E-state index in [2.05, 4.69) is 20.3 Å². The molecule has 1 N–H and O–H groups in total. The van der Waals surface area contributed by atoms with Crippen LogP contribution in [0.15, 0.2) is 48.1 Å². The number of aromatic nitrogens is 3. The van der Waals surface area contributed by atoms with E-state index in [1.54, 1.807) is 30.6 Å². The Kier molecular flexibility index (Phi) is 5.06. The molecule has 8 heteroatoms. The predicted octanol–water partition coefficient (Wildman–Crippen LogP) is 3.59. The van der Waals surface area contributed by atoms with Gasteiger partial charge in [-0.25, -0.2) is 19.3 Å². The van der Waals surface area contributed by atoms with Gasteiger partial charge in [0.05, 0.1) is 11.6 Å². The van der Waals surface area contributed by atoms with Gasteiger partial charge in [-0.15, -0.1) is 11.3 Å². The van der Waals surface area contributed by atoms with Crippen LogP contribution in [0.5, 0.6) is 0 Å². The quantitative estimate of drug-likeness (QED) is 0.745. The molecule has 0 spiro atoms. The van der Waals surface area contributed by atoms with Crippen molar-refractivity contribution in [3.63, 3.8) is 0 Å². The Morgan fingerprint density at radius 2 is 2.00 bits per heavy atom. The molecular weight excluding hydrogens is 365 g/mol. The van der Waals surface area contributed by atoms with E-state index in [9.17, 15) is 9.18 Å². The molecule has 0 bridgehead atoms. The fourth-order valence-electron chi connectivity index (χ4n) is 3.12. The van der Waals surface area contributed by atoms with Gasteiger partial charge in [-0.05, 0) is 43.2 Å². The van der Waals surface area contributed by atoms with Crippen molar-refractivity contribution in [2.24, 2.45) is 5.92 Å². The van der Waals surface area contributed by atoms with Crippen molar-refractivity contribution in [1.82, 2.24) is 15.0 Å². The number of hydrogen-bond donors (Lipinski definition) is 1. The van der Waals surface area contributed by atoms with Crippen LogP contribution in [0.25, 0.3) is 11.3 Å². The number of rotatable bonds is 4. The number of carbonyl (C=O) groups is 1. The molecule has 1 fully saturated rings. The van der Waals surface area contributed by atoms with Crippen LogP contribution in [0, 0.1) is 11.7 Å². The minimum absolute atomic E-state index is 0.0457. The largest absolute Gasteiger partial charge is 0.340 e. The molecular formula is C19H18FN5OS. The van der Waals surface area contributed by atoms with Crippen LogP contribution >= 0.6 is 11.3 Å². The van der Waals surface area contributed by atoms with Gasteiger partial charge in [-0.2, -0.15) is 0 Å². The highest BCUT2D eigenvalue weighted by molar-refractivity contribution is 7.14. The highest BCUT2D eigenvalue weighted by Crippen LogP contribution is 2.27. The highest BCUT2D eigenvalue weighted by atomic mass is 32.1. The van der Waals surface area contributed by atoms with E-state index in [1.165, 1.54) is 23.5 Å². The molecule has 3 heterocycles. The Labute approximate surface area is 160 Å². The molecule has 27 heavy (non-hydrogen) atoms. The minimum atomic E-state index is -0.285. The fourth-order valence-corrected chi connectivity index (χ4v) is 3.84. The summed E-state index contributed by atoms with van der Waals surface area (Å²) in [4.78, 5) is 27.7. The summed E-state index contributed by atoms with van der Waals surface area (Å²) in [6.45, 7) is 1.44. The normalized spacial score (nSPS) is 16.9. The monoisotopic (exact) mass is 383 g/mol. The number of nitrogens with zero attached hydrogens (tertiary/aromatic N) is 4. The van der Waals surface area contributed by atoms with E-state index in [0.29, 0.717) is 17.6 Å². The van der Waals surface area contributed by atoms with Crippen LogP contribution in [0.4, 0.5) is 15.5 Å². The number of benzene rings is 1. The van der Waals surface area contributed by atoms with E-state index >= 15 is 0 Å². The SMILES string of the molecule is O=C(Nc1nc(-c2ccc(F)cc2)cs1)C1CCCN(c2ncccn2)C1. The van der Waals surface area contributed by atoms with E-state index in [-0.39, 0.29) is 17.6 Å². The maximum atomic E-state index is 13.1. The predicted molar refractivity (Wildman–Crippen MR) is 103 cm³/mol. The van der Waals surface area contributed by atoms with Crippen molar-refractivity contribution >= 4 is 28.3 Å². The van der Waals surface area contributed by atoms with E-state index in [1.807, 2.05) is 10.3 Å². The van der Waals surface area contributed by atoms with E-state index < -0.39 is 0 Å². The van der Waals surface area contributed by atoms with Crippen molar-refractivity contribution in [3.8, 4) is 11.3 Å². The Hall–Kier alpha value is -2.87. The number of thiazole rings is 1. The lowest BCUT2D eigenvalue weighted by Gasteiger charge is -2.31. The lowest BCUT2D eigenvalue weighted by Crippen LogP contribution is -2.41. The van der Waals surface area contributed by atoms with Crippen molar-refractivity contribution in [3.05, 3.63) is 53.9 Å². The second-order valence-corrected chi connectivity index (χ2v) is 7.23. The molecule has 1 unspecified atom stereocenters. The van der Waals surface area contributed by atoms with Crippen LogP contribution in [-0.4, -0.2) is 33.9 Å². The number of carbonyl (C=O) groups excluding carboxylic acids is 1. The molecule has 0 radical (unpaired) electrons. The second-order valence-electron chi connectivity index (χ2n) is 6.37. The van der Waals surface area contributed by atoms with Crippen LogP contribution in [0.3, 0.4) is 0 Å². The Morgan fingerprint density at radius 1 is 1.22 bits per heavy atom. The molecule has 1 atom stereocenters. The zero-order chi connectivity index (χ0) is 18.6. The topological polar surface area (TPSA) is 71.0 Å². The van der Waals surface area contributed by atoms with E-state index in [4.69, 9.17) is 0 Å². The van der Waals surface area contributed by atoms with Gasteiger partial charge >= 0.3 is 0 Å². The summed E-state index contributed by atoms with van der Waals surface area (Å²) in [7, 11) is 0. The first-order valence-electron chi connectivity index (χ1n) is 8.73. The van der Waals surface area contributed by atoms with Gasteiger partial charge in [-0.1, -0.05) is 0 Å². The number of hydrogen-bond acceptors (Lipinski definition) is 6. The molecule has 1 amide bonds. The summed E-state index contributed by atoms with van der Waals surface area (Å²) >= 11 is 1.36. The van der Waals surface area contributed by atoms with Crippen molar-refractivity contribution < 1.29 is 9.18 Å². The molecule has 1 aliphatic heterocycles. The van der Waals surface area contributed by atoms with Crippen LogP contribution in [0.1, 0.15) is 12.8 Å². The molecule has 0 aliphatic carbocycles. The first kappa shape index (κ1) is 17.5. The summed E-state index contributed by atoms with van der Waals surface area (Å²) in [6, 6.07) is 7.92. The minimum Gasteiger partial charge on any atom is -0.340 e. The number of piperidine rings is 1. The highest BCUT2D eigenvalue weighted by Gasteiger charge is 2.27. The summed E-state index contributed by atoms with van der Waals surface area (Å²) in [5, 5.41) is 5.32. The van der Waals surface area contributed by atoms with Crippen LogP contribution in [-0.2, 0) is 4.79 Å². The number of nitrogens with one attached hydrogen (secondary N) is 1. The first-order chi connectivity index (χ1) is 13.2.